The van der Waals surface area contributed by atoms with E-state index in [4.69, 9.17) is 21.1 Å². The van der Waals surface area contributed by atoms with Crippen molar-refractivity contribution in [2.75, 3.05) is 7.11 Å². The molecule has 2 aromatic carbocycles. The highest BCUT2D eigenvalue weighted by Gasteiger charge is 2.26. The zero-order valence-corrected chi connectivity index (χ0v) is 12.8. The van der Waals surface area contributed by atoms with Crippen LogP contribution in [0.4, 0.5) is 4.39 Å². The molecule has 0 unspecified atom stereocenters. The molecular weight excluding hydrogens is 321 g/mol. The second kappa shape index (κ2) is 6.22. The van der Waals surface area contributed by atoms with Gasteiger partial charge in [0.2, 0.25) is 5.90 Å². The van der Waals surface area contributed by atoms with Crippen molar-refractivity contribution in [1.29, 1.82) is 0 Å². The predicted molar refractivity (Wildman–Crippen MR) is 85.0 cm³/mol. The van der Waals surface area contributed by atoms with E-state index >= 15 is 0 Å². The highest BCUT2D eigenvalue weighted by atomic mass is 35.5. The summed E-state index contributed by atoms with van der Waals surface area (Å²) in [5.41, 5.74) is 0.722. The van der Waals surface area contributed by atoms with Crippen LogP contribution < -0.4 is 4.74 Å². The van der Waals surface area contributed by atoms with Crippen LogP contribution in [0.1, 0.15) is 11.1 Å². The normalized spacial score (nSPS) is 15.5. The summed E-state index contributed by atoms with van der Waals surface area (Å²) >= 11 is 6.14. The number of carbonyl (C=O) groups is 1. The number of esters is 1. The van der Waals surface area contributed by atoms with Crippen LogP contribution in [0.15, 0.2) is 53.2 Å². The predicted octanol–water partition coefficient (Wildman–Crippen LogP) is 3.83. The van der Waals surface area contributed by atoms with Gasteiger partial charge in [-0.25, -0.2) is 14.2 Å². The molecule has 0 N–H and O–H groups in total. The van der Waals surface area contributed by atoms with Crippen LogP contribution in [0.5, 0.6) is 5.75 Å². The summed E-state index contributed by atoms with van der Waals surface area (Å²) in [6, 6.07) is 11.0. The quantitative estimate of drug-likeness (QED) is 0.634. The van der Waals surface area contributed by atoms with E-state index in [1.165, 1.54) is 19.3 Å². The summed E-state index contributed by atoms with van der Waals surface area (Å²) in [5.74, 6) is -0.454. The van der Waals surface area contributed by atoms with Gasteiger partial charge in [0.1, 0.15) is 11.6 Å². The smallest absolute Gasteiger partial charge is 0.363 e. The van der Waals surface area contributed by atoms with Gasteiger partial charge >= 0.3 is 5.97 Å². The molecule has 4 nitrogen and oxygen atoms in total. The Morgan fingerprint density at radius 1 is 1.26 bits per heavy atom. The number of cyclic esters (lactones) is 1. The molecule has 2 aromatic rings. The van der Waals surface area contributed by atoms with E-state index in [1.807, 2.05) is 0 Å². The molecular formula is C17H11ClFNO3. The lowest BCUT2D eigenvalue weighted by atomic mass is 10.2. The molecule has 0 amide bonds. The van der Waals surface area contributed by atoms with Crippen LogP contribution in [0.3, 0.4) is 0 Å². The van der Waals surface area contributed by atoms with Gasteiger partial charge in [0.05, 0.1) is 17.7 Å². The van der Waals surface area contributed by atoms with Crippen LogP contribution in [-0.4, -0.2) is 19.0 Å². The van der Waals surface area contributed by atoms with Crippen molar-refractivity contribution >= 4 is 29.5 Å². The summed E-state index contributed by atoms with van der Waals surface area (Å²) in [6.07, 6.45) is 1.34. The number of rotatable bonds is 3. The van der Waals surface area contributed by atoms with E-state index < -0.39 is 11.8 Å². The molecule has 3 rings (SSSR count). The topological polar surface area (TPSA) is 47.9 Å². The Labute approximate surface area is 136 Å². The number of benzene rings is 2. The molecule has 0 atom stereocenters. The summed E-state index contributed by atoms with van der Waals surface area (Å²) in [7, 11) is 1.52. The molecule has 0 bridgehead atoms. The van der Waals surface area contributed by atoms with Crippen molar-refractivity contribution in [3.05, 3.63) is 70.1 Å². The summed E-state index contributed by atoms with van der Waals surface area (Å²) in [6.45, 7) is 0. The van der Waals surface area contributed by atoms with Crippen molar-refractivity contribution in [3.8, 4) is 5.75 Å². The molecule has 0 radical (unpaired) electrons. The third kappa shape index (κ3) is 3.10. The molecule has 0 aliphatic carbocycles. The van der Waals surface area contributed by atoms with Gasteiger partial charge in [-0.05, 0) is 30.3 Å². The first kappa shape index (κ1) is 15.2. The first-order valence-electron chi connectivity index (χ1n) is 6.69. The first-order valence-corrected chi connectivity index (χ1v) is 7.07. The minimum absolute atomic E-state index is 0.0111. The summed E-state index contributed by atoms with van der Waals surface area (Å²) in [5, 5.41) is 0.336. The number of hydrogen-bond donors (Lipinski definition) is 0. The number of methoxy groups -OCH3 is 1. The molecule has 0 fully saturated rings. The van der Waals surface area contributed by atoms with Crippen molar-refractivity contribution in [2.45, 2.75) is 0 Å². The third-order valence-corrected chi connectivity index (χ3v) is 3.54. The first-order chi connectivity index (χ1) is 11.1. The van der Waals surface area contributed by atoms with Crippen molar-refractivity contribution in [1.82, 2.24) is 0 Å². The number of nitrogens with zero attached hydrogens (tertiary/aromatic N) is 1. The van der Waals surface area contributed by atoms with E-state index in [9.17, 15) is 9.18 Å². The Hall–Kier alpha value is -2.66. The monoisotopic (exact) mass is 331 g/mol. The zero-order chi connectivity index (χ0) is 16.4. The fourth-order valence-corrected chi connectivity index (χ4v) is 2.31. The van der Waals surface area contributed by atoms with Crippen LogP contribution in [-0.2, 0) is 9.53 Å². The molecule has 23 heavy (non-hydrogen) atoms. The second-order valence-corrected chi connectivity index (χ2v) is 5.11. The van der Waals surface area contributed by atoms with E-state index in [2.05, 4.69) is 4.99 Å². The van der Waals surface area contributed by atoms with E-state index in [0.29, 0.717) is 16.3 Å². The fraction of sp³-hybridized carbons (Fsp3) is 0.0588. The van der Waals surface area contributed by atoms with Gasteiger partial charge in [0.15, 0.2) is 5.70 Å². The minimum Gasteiger partial charge on any atom is -0.497 e. The summed E-state index contributed by atoms with van der Waals surface area (Å²) in [4.78, 5) is 16.0. The maximum Gasteiger partial charge on any atom is 0.363 e. The highest BCUT2D eigenvalue weighted by molar-refractivity contribution is 6.34. The molecule has 1 aliphatic rings. The highest BCUT2D eigenvalue weighted by Crippen LogP contribution is 2.27. The molecule has 0 aromatic heterocycles. The third-order valence-electron chi connectivity index (χ3n) is 3.22. The van der Waals surface area contributed by atoms with Crippen molar-refractivity contribution < 1.29 is 18.7 Å². The summed E-state index contributed by atoms with van der Waals surface area (Å²) < 4.78 is 23.8. The van der Waals surface area contributed by atoms with Crippen LogP contribution in [0.25, 0.3) is 6.08 Å². The Morgan fingerprint density at radius 2 is 2.04 bits per heavy atom. The second-order valence-electron chi connectivity index (χ2n) is 4.70. The Kier molecular flexibility index (Phi) is 4.12. The Balaban J connectivity index is 1.97. The van der Waals surface area contributed by atoms with Gasteiger partial charge in [-0.1, -0.05) is 29.8 Å². The van der Waals surface area contributed by atoms with Gasteiger partial charge in [-0.2, -0.15) is 0 Å². The molecule has 6 heteroatoms. The Bertz CT molecular complexity index is 845. The number of carbonyl (C=O) groups excluding carboxylic acids is 1. The maximum absolute atomic E-state index is 13.7. The fourth-order valence-electron chi connectivity index (χ4n) is 2.06. The maximum atomic E-state index is 13.7. The number of hydrogen-bond acceptors (Lipinski definition) is 4. The van der Waals surface area contributed by atoms with Crippen molar-refractivity contribution in [3.63, 3.8) is 0 Å². The van der Waals surface area contributed by atoms with Gasteiger partial charge < -0.3 is 9.47 Å². The molecule has 1 aliphatic heterocycles. The lowest BCUT2D eigenvalue weighted by molar-refractivity contribution is -0.129. The zero-order valence-electron chi connectivity index (χ0n) is 12.0. The van der Waals surface area contributed by atoms with E-state index in [-0.39, 0.29) is 17.2 Å². The minimum atomic E-state index is -0.657. The number of halogens is 2. The van der Waals surface area contributed by atoms with Gasteiger partial charge in [-0.15, -0.1) is 0 Å². The van der Waals surface area contributed by atoms with Gasteiger partial charge in [-0.3, -0.25) is 0 Å². The Morgan fingerprint density at radius 3 is 2.74 bits per heavy atom. The lowest BCUT2D eigenvalue weighted by Gasteiger charge is -2.05. The van der Waals surface area contributed by atoms with Crippen LogP contribution in [0, 0.1) is 5.82 Å². The lowest BCUT2D eigenvalue weighted by Crippen LogP contribution is -2.06. The van der Waals surface area contributed by atoms with Crippen molar-refractivity contribution in [2.24, 2.45) is 4.99 Å². The van der Waals surface area contributed by atoms with E-state index in [1.54, 1.807) is 36.4 Å². The van der Waals surface area contributed by atoms with Crippen LogP contribution in [0.2, 0.25) is 5.02 Å². The largest absolute Gasteiger partial charge is 0.497 e. The average Bonchev–Trinajstić information content (AvgIpc) is 2.90. The molecule has 116 valence electrons. The SMILES string of the molecule is COc1ccc(C2=NC(=Cc3ccccc3F)C(=O)O2)c(Cl)c1. The molecule has 0 saturated carbocycles. The standard InChI is InChI=1S/C17H11ClFNO3/c1-22-11-6-7-12(13(18)9-11)16-20-15(17(21)23-16)8-10-4-2-3-5-14(10)19/h2-9H,1H3. The number of ether oxygens (including phenoxy) is 2. The molecule has 0 saturated heterocycles. The molecule has 0 spiro atoms. The van der Waals surface area contributed by atoms with Crippen LogP contribution >= 0.6 is 11.6 Å². The molecule has 1 heterocycles. The van der Waals surface area contributed by atoms with Gasteiger partial charge in [0.25, 0.3) is 0 Å². The van der Waals surface area contributed by atoms with E-state index in [0.717, 1.165) is 0 Å². The number of aliphatic imine (C=N–C) groups is 1. The van der Waals surface area contributed by atoms with Gasteiger partial charge in [0, 0.05) is 5.56 Å². The average molecular weight is 332 g/mol.